The van der Waals surface area contributed by atoms with Gasteiger partial charge in [-0.2, -0.15) is 0 Å². The number of anilines is 1. The van der Waals surface area contributed by atoms with E-state index in [0.29, 0.717) is 5.69 Å². The van der Waals surface area contributed by atoms with Gasteiger partial charge in [-0.1, -0.05) is 15.9 Å². The van der Waals surface area contributed by atoms with Crippen molar-refractivity contribution >= 4 is 27.3 Å². The summed E-state index contributed by atoms with van der Waals surface area (Å²) in [6, 6.07) is 5.00. The third-order valence-corrected chi connectivity index (χ3v) is 4.35. The van der Waals surface area contributed by atoms with Crippen molar-refractivity contribution in [2.24, 2.45) is 5.92 Å². The Labute approximate surface area is 127 Å². The number of piperidine rings is 1. The van der Waals surface area contributed by atoms with Crippen molar-refractivity contribution in [2.45, 2.75) is 19.3 Å². The molecule has 0 bridgehead atoms. The number of nitro groups is 1. The first kappa shape index (κ1) is 15.3. The maximum atomic E-state index is 11.0. The molecule has 1 aromatic rings. The lowest BCUT2D eigenvalue weighted by molar-refractivity contribution is -0.384. The van der Waals surface area contributed by atoms with Gasteiger partial charge in [-0.05, 0) is 57.5 Å². The first-order valence-electron chi connectivity index (χ1n) is 6.92. The average Bonchev–Trinajstić information content (AvgIpc) is 2.41. The Morgan fingerprint density at radius 1 is 1.45 bits per heavy atom. The summed E-state index contributed by atoms with van der Waals surface area (Å²) in [5.74, 6) is 0.727. The van der Waals surface area contributed by atoms with Crippen LogP contribution in [-0.2, 0) is 0 Å². The van der Waals surface area contributed by atoms with Crippen LogP contribution in [-0.4, -0.2) is 36.5 Å². The summed E-state index contributed by atoms with van der Waals surface area (Å²) in [6.07, 6.45) is 3.51. The Morgan fingerprint density at radius 3 is 2.80 bits per heavy atom. The van der Waals surface area contributed by atoms with E-state index in [0.717, 1.165) is 36.4 Å². The van der Waals surface area contributed by atoms with Crippen LogP contribution in [0.2, 0.25) is 0 Å². The van der Waals surface area contributed by atoms with Crippen molar-refractivity contribution < 1.29 is 4.92 Å². The Bertz CT molecular complexity index is 473. The summed E-state index contributed by atoms with van der Waals surface area (Å²) < 4.78 is 0.852. The molecule has 1 aliphatic heterocycles. The number of nitrogens with one attached hydrogen (secondary N) is 1. The van der Waals surface area contributed by atoms with Crippen molar-refractivity contribution in [3.8, 4) is 0 Å². The number of hydrogen-bond donors (Lipinski definition) is 1. The molecule has 1 N–H and O–H groups in total. The van der Waals surface area contributed by atoms with Crippen LogP contribution < -0.4 is 5.32 Å². The molecule has 0 spiro atoms. The zero-order valence-electron chi connectivity index (χ0n) is 11.6. The fourth-order valence-electron chi connectivity index (χ4n) is 2.57. The number of rotatable bonds is 5. The van der Waals surface area contributed by atoms with E-state index in [4.69, 9.17) is 0 Å². The highest BCUT2D eigenvalue weighted by Gasteiger charge is 2.17. The van der Waals surface area contributed by atoms with Gasteiger partial charge < -0.3 is 10.2 Å². The highest BCUT2D eigenvalue weighted by Crippen LogP contribution is 2.28. The minimum absolute atomic E-state index is 0.136. The minimum Gasteiger partial charge on any atom is -0.379 e. The van der Waals surface area contributed by atoms with Crippen LogP contribution in [0, 0.1) is 16.0 Å². The molecule has 2 rings (SSSR count). The van der Waals surface area contributed by atoms with E-state index in [-0.39, 0.29) is 10.6 Å². The van der Waals surface area contributed by atoms with Crippen molar-refractivity contribution in [2.75, 3.05) is 32.0 Å². The molecule has 0 unspecified atom stereocenters. The molecule has 1 aliphatic rings. The standard InChI is InChI=1S/C14H20BrN3O2/c1-17-8-5-11(6-9-17)4-7-16-13-10-12(15)2-3-14(13)18(19)20/h2-3,10-11,16H,4-9H2,1H3. The van der Waals surface area contributed by atoms with E-state index in [1.54, 1.807) is 12.1 Å². The van der Waals surface area contributed by atoms with Gasteiger partial charge in [0, 0.05) is 17.1 Å². The molecule has 110 valence electrons. The molecule has 1 heterocycles. The molecule has 0 aromatic heterocycles. The van der Waals surface area contributed by atoms with Crippen molar-refractivity contribution in [1.82, 2.24) is 4.90 Å². The predicted molar refractivity (Wildman–Crippen MR) is 84.1 cm³/mol. The van der Waals surface area contributed by atoms with Crippen LogP contribution in [0.5, 0.6) is 0 Å². The minimum atomic E-state index is -0.343. The maximum Gasteiger partial charge on any atom is 0.292 e. The number of hydrogen-bond acceptors (Lipinski definition) is 4. The first-order chi connectivity index (χ1) is 9.56. The number of benzene rings is 1. The van der Waals surface area contributed by atoms with Crippen LogP contribution in [0.15, 0.2) is 22.7 Å². The summed E-state index contributed by atoms with van der Waals surface area (Å²) in [5, 5.41) is 14.2. The van der Waals surface area contributed by atoms with E-state index in [1.807, 2.05) is 0 Å². The van der Waals surface area contributed by atoms with Crippen LogP contribution in [0.1, 0.15) is 19.3 Å². The number of likely N-dealkylation sites (tertiary alicyclic amines) is 1. The van der Waals surface area contributed by atoms with Gasteiger partial charge in [-0.3, -0.25) is 10.1 Å². The highest BCUT2D eigenvalue weighted by molar-refractivity contribution is 9.10. The molecule has 0 radical (unpaired) electrons. The van der Waals surface area contributed by atoms with Gasteiger partial charge in [0.2, 0.25) is 0 Å². The van der Waals surface area contributed by atoms with Crippen LogP contribution >= 0.6 is 15.9 Å². The second-order valence-corrected chi connectivity index (χ2v) is 6.30. The lowest BCUT2D eigenvalue weighted by Crippen LogP contribution is -2.30. The molecule has 1 fully saturated rings. The van der Waals surface area contributed by atoms with E-state index in [9.17, 15) is 10.1 Å². The lowest BCUT2D eigenvalue weighted by atomic mass is 9.94. The van der Waals surface area contributed by atoms with Crippen LogP contribution in [0.25, 0.3) is 0 Å². The molecule has 1 aromatic carbocycles. The summed E-state index contributed by atoms with van der Waals surface area (Å²) in [6.45, 7) is 3.09. The SMILES string of the molecule is CN1CCC(CCNc2cc(Br)ccc2[N+](=O)[O-])CC1. The Morgan fingerprint density at radius 2 is 2.15 bits per heavy atom. The lowest BCUT2D eigenvalue weighted by Gasteiger charge is -2.28. The molecule has 0 saturated carbocycles. The van der Waals surface area contributed by atoms with Gasteiger partial charge in [-0.15, -0.1) is 0 Å². The third-order valence-electron chi connectivity index (χ3n) is 3.86. The Hall–Kier alpha value is -1.14. The molecule has 5 nitrogen and oxygen atoms in total. The van der Waals surface area contributed by atoms with E-state index in [2.05, 4.69) is 33.2 Å². The summed E-state index contributed by atoms with van der Waals surface area (Å²) in [7, 11) is 2.15. The smallest absolute Gasteiger partial charge is 0.292 e. The molecular weight excluding hydrogens is 322 g/mol. The zero-order valence-corrected chi connectivity index (χ0v) is 13.2. The van der Waals surface area contributed by atoms with Gasteiger partial charge in [0.25, 0.3) is 5.69 Å². The van der Waals surface area contributed by atoms with Crippen LogP contribution in [0.3, 0.4) is 0 Å². The molecular formula is C14H20BrN3O2. The number of halogens is 1. The topological polar surface area (TPSA) is 58.4 Å². The van der Waals surface area contributed by atoms with Crippen molar-refractivity contribution in [3.63, 3.8) is 0 Å². The van der Waals surface area contributed by atoms with E-state index in [1.165, 1.54) is 18.9 Å². The van der Waals surface area contributed by atoms with Gasteiger partial charge in [0.05, 0.1) is 4.92 Å². The Balaban J connectivity index is 1.87. The summed E-state index contributed by atoms with van der Waals surface area (Å²) in [4.78, 5) is 13.0. The first-order valence-corrected chi connectivity index (χ1v) is 7.72. The zero-order chi connectivity index (χ0) is 14.5. The quantitative estimate of drug-likeness (QED) is 0.657. The van der Waals surface area contributed by atoms with E-state index < -0.39 is 0 Å². The highest BCUT2D eigenvalue weighted by atomic mass is 79.9. The molecule has 6 heteroatoms. The van der Waals surface area contributed by atoms with Gasteiger partial charge in [0.1, 0.15) is 5.69 Å². The van der Waals surface area contributed by atoms with Gasteiger partial charge in [-0.25, -0.2) is 0 Å². The second-order valence-electron chi connectivity index (χ2n) is 5.38. The number of nitro benzene ring substituents is 1. The molecule has 20 heavy (non-hydrogen) atoms. The average molecular weight is 342 g/mol. The fraction of sp³-hybridized carbons (Fsp3) is 0.571. The van der Waals surface area contributed by atoms with Crippen LogP contribution in [0.4, 0.5) is 11.4 Å². The predicted octanol–water partition coefficient (Wildman–Crippen LogP) is 3.50. The largest absolute Gasteiger partial charge is 0.379 e. The van der Waals surface area contributed by atoms with E-state index >= 15 is 0 Å². The van der Waals surface area contributed by atoms with Crippen molar-refractivity contribution in [3.05, 3.63) is 32.8 Å². The fourth-order valence-corrected chi connectivity index (χ4v) is 2.93. The molecule has 0 amide bonds. The molecule has 0 aliphatic carbocycles. The monoisotopic (exact) mass is 341 g/mol. The summed E-state index contributed by atoms with van der Waals surface area (Å²) >= 11 is 3.35. The third kappa shape index (κ3) is 4.18. The Kier molecular flexibility index (Phi) is 5.37. The van der Waals surface area contributed by atoms with Crippen molar-refractivity contribution in [1.29, 1.82) is 0 Å². The normalized spacial score (nSPS) is 17.1. The molecule has 1 saturated heterocycles. The number of nitrogens with zero attached hydrogens (tertiary/aromatic N) is 2. The van der Waals surface area contributed by atoms with Gasteiger partial charge in [0.15, 0.2) is 0 Å². The van der Waals surface area contributed by atoms with Gasteiger partial charge >= 0.3 is 0 Å². The molecule has 0 atom stereocenters. The second kappa shape index (κ2) is 7.04. The summed E-state index contributed by atoms with van der Waals surface area (Å²) in [5.41, 5.74) is 0.730. The maximum absolute atomic E-state index is 11.0.